The molecule has 0 unspecified atom stereocenters. The first kappa shape index (κ1) is 21.6. The van der Waals surface area contributed by atoms with Gasteiger partial charge in [0.25, 0.3) is 0 Å². The van der Waals surface area contributed by atoms with Crippen LogP contribution in [0.25, 0.3) is 11.0 Å². The van der Waals surface area contributed by atoms with Crippen LogP contribution in [-0.2, 0) is 11.2 Å². The third-order valence-electron chi connectivity index (χ3n) is 4.88. The summed E-state index contributed by atoms with van der Waals surface area (Å²) in [7, 11) is 3.23. The van der Waals surface area contributed by atoms with Crippen LogP contribution < -0.4 is 14.8 Å². The van der Waals surface area contributed by atoms with Gasteiger partial charge in [-0.05, 0) is 30.3 Å². The minimum Gasteiger partial charge on any atom is -0.496 e. The van der Waals surface area contributed by atoms with Gasteiger partial charge in [-0.1, -0.05) is 54.2 Å². The molecule has 0 spiro atoms. The van der Waals surface area contributed by atoms with Crippen LogP contribution in [0.2, 0.25) is 0 Å². The predicted molar refractivity (Wildman–Crippen MR) is 128 cm³/mol. The van der Waals surface area contributed by atoms with Gasteiger partial charge >= 0.3 is 0 Å². The van der Waals surface area contributed by atoms with Crippen molar-refractivity contribution >= 4 is 34.4 Å². The summed E-state index contributed by atoms with van der Waals surface area (Å²) in [5, 5.41) is 3.63. The average Bonchev–Trinajstić information content (AvgIpc) is 2.83. The fourth-order valence-corrected chi connectivity index (χ4v) is 4.14. The molecule has 1 amide bonds. The van der Waals surface area contributed by atoms with Gasteiger partial charge in [-0.25, -0.2) is 9.97 Å². The molecule has 0 fully saturated rings. The number of nitrogens with zero attached hydrogens (tertiary/aromatic N) is 2. The SMILES string of the molecule is COc1ccccc1Cc1nc2ccccc2nc1SCC(=O)Nc1ccccc1OC. The maximum absolute atomic E-state index is 12.6. The second kappa shape index (κ2) is 10.2. The molecule has 162 valence electrons. The molecule has 1 heterocycles. The number of aromatic nitrogens is 2. The zero-order valence-corrected chi connectivity index (χ0v) is 18.7. The van der Waals surface area contributed by atoms with Crippen molar-refractivity contribution in [3.8, 4) is 11.5 Å². The van der Waals surface area contributed by atoms with E-state index in [1.807, 2.05) is 72.8 Å². The number of carbonyl (C=O) groups excluding carboxylic acids is 1. The van der Waals surface area contributed by atoms with Crippen LogP contribution in [0.15, 0.2) is 77.8 Å². The zero-order chi connectivity index (χ0) is 22.3. The van der Waals surface area contributed by atoms with Crippen LogP contribution in [0, 0.1) is 0 Å². The third kappa shape index (κ3) is 5.00. The molecule has 0 aliphatic rings. The van der Waals surface area contributed by atoms with Crippen LogP contribution in [0.1, 0.15) is 11.3 Å². The number of anilines is 1. The standard InChI is InChI=1S/C25H23N3O3S/c1-30-22-13-7-3-9-17(22)15-21-25(28-19-11-5-4-10-18(19)26-21)32-16-24(29)27-20-12-6-8-14-23(20)31-2/h3-14H,15-16H2,1-2H3,(H,27,29). The lowest BCUT2D eigenvalue weighted by Gasteiger charge is -2.13. The highest BCUT2D eigenvalue weighted by molar-refractivity contribution is 8.00. The van der Waals surface area contributed by atoms with E-state index in [1.165, 1.54) is 11.8 Å². The molecular weight excluding hydrogens is 422 g/mol. The Morgan fingerprint density at radius 3 is 2.22 bits per heavy atom. The van der Waals surface area contributed by atoms with Crippen molar-refractivity contribution in [1.82, 2.24) is 9.97 Å². The fourth-order valence-electron chi connectivity index (χ4n) is 3.35. The summed E-state index contributed by atoms with van der Waals surface area (Å²) in [6, 6.07) is 22.9. The van der Waals surface area contributed by atoms with Crippen molar-refractivity contribution in [2.75, 3.05) is 25.3 Å². The zero-order valence-electron chi connectivity index (χ0n) is 17.9. The lowest BCUT2D eigenvalue weighted by molar-refractivity contribution is -0.113. The number of hydrogen-bond donors (Lipinski definition) is 1. The molecule has 0 atom stereocenters. The number of rotatable bonds is 8. The highest BCUT2D eigenvalue weighted by Crippen LogP contribution is 2.28. The molecule has 1 N–H and O–H groups in total. The maximum atomic E-state index is 12.6. The Morgan fingerprint density at radius 1 is 0.844 bits per heavy atom. The Bertz CT molecular complexity index is 1250. The van der Waals surface area contributed by atoms with E-state index in [1.54, 1.807) is 14.2 Å². The Morgan fingerprint density at radius 2 is 1.47 bits per heavy atom. The minimum absolute atomic E-state index is 0.141. The highest BCUT2D eigenvalue weighted by Gasteiger charge is 2.15. The number of methoxy groups -OCH3 is 2. The first-order valence-electron chi connectivity index (χ1n) is 10.1. The summed E-state index contributed by atoms with van der Waals surface area (Å²) < 4.78 is 10.8. The molecule has 0 aliphatic heterocycles. The van der Waals surface area contributed by atoms with Gasteiger partial charge in [-0.2, -0.15) is 0 Å². The number of hydrogen-bond acceptors (Lipinski definition) is 6. The molecule has 32 heavy (non-hydrogen) atoms. The van der Waals surface area contributed by atoms with Gasteiger partial charge in [0.15, 0.2) is 0 Å². The summed E-state index contributed by atoms with van der Waals surface area (Å²) in [4.78, 5) is 22.3. The normalized spacial score (nSPS) is 10.7. The molecule has 3 aromatic carbocycles. The van der Waals surface area contributed by atoms with Gasteiger partial charge in [-0.15, -0.1) is 0 Å². The van der Waals surface area contributed by atoms with Gasteiger partial charge in [0.05, 0.1) is 42.4 Å². The molecule has 0 bridgehead atoms. The molecule has 0 radical (unpaired) electrons. The molecule has 6 nitrogen and oxygen atoms in total. The monoisotopic (exact) mass is 445 g/mol. The number of para-hydroxylation sites is 5. The van der Waals surface area contributed by atoms with Crippen LogP contribution >= 0.6 is 11.8 Å². The van der Waals surface area contributed by atoms with Crippen molar-refractivity contribution < 1.29 is 14.3 Å². The molecule has 0 aliphatic carbocycles. The van der Waals surface area contributed by atoms with E-state index in [0.717, 1.165) is 33.1 Å². The quantitative estimate of drug-likeness (QED) is 0.386. The van der Waals surface area contributed by atoms with Gasteiger partial charge in [0.2, 0.25) is 5.91 Å². The molecular formula is C25H23N3O3S. The van der Waals surface area contributed by atoms with Crippen molar-refractivity contribution in [3.05, 3.63) is 84.1 Å². The molecule has 0 saturated carbocycles. The summed E-state index contributed by atoms with van der Waals surface area (Å²) >= 11 is 1.37. The Kier molecular flexibility index (Phi) is 6.87. The van der Waals surface area contributed by atoms with E-state index in [9.17, 15) is 4.79 Å². The van der Waals surface area contributed by atoms with E-state index < -0.39 is 0 Å². The fraction of sp³-hybridized carbons (Fsp3) is 0.160. The molecule has 0 saturated heterocycles. The van der Waals surface area contributed by atoms with Gasteiger partial charge in [0.1, 0.15) is 16.5 Å². The smallest absolute Gasteiger partial charge is 0.234 e. The Balaban J connectivity index is 1.58. The third-order valence-corrected chi connectivity index (χ3v) is 5.88. The van der Waals surface area contributed by atoms with E-state index in [2.05, 4.69) is 5.32 Å². The number of carbonyl (C=O) groups is 1. The van der Waals surface area contributed by atoms with Crippen LogP contribution in [0.4, 0.5) is 5.69 Å². The minimum atomic E-state index is -0.141. The van der Waals surface area contributed by atoms with E-state index >= 15 is 0 Å². The van der Waals surface area contributed by atoms with Crippen molar-refractivity contribution in [2.45, 2.75) is 11.4 Å². The first-order chi connectivity index (χ1) is 15.7. The summed E-state index contributed by atoms with van der Waals surface area (Å²) in [5.74, 6) is 1.47. The van der Waals surface area contributed by atoms with Crippen LogP contribution in [0.5, 0.6) is 11.5 Å². The second-order valence-corrected chi connectivity index (χ2v) is 7.95. The number of nitrogens with one attached hydrogen (secondary N) is 1. The molecule has 7 heteroatoms. The second-order valence-electron chi connectivity index (χ2n) is 6.99. The number of benzene rings is 3. The summed E-state index contributed by atoms with van der Waals surface area (Å²) in [5.41, 5.74) is 4.08. The van der Waals surface area contributed by atoms with Crippen molar-refractivity contribution in [1.29, 1.82) is 0 Å². The first-order valence-corrected chi connectivity index (χ1v) is 11.1. The Labute approximate surface area is 191 Å². The molecule has 1 aromatic heterocycles. The maximum Gasteiger partial charge on any atom is 0.234 e. The number of ether oxygens (including phenoxy) is 2. The van der Waals surface area contributed by atoms with Crippen LogP contribution in [-0.4, -0.2) is 35.8 Å². The van der Waals surface area contributed by atoms with Gasteiger partial charge in [0, 0.05) is 12.0 Å². The van der Waals surface area contributed by atoms with Crippen molar-refractivity contribution in [3.63, 3.8) is 0 Å². The summed E-state index contributed by atoms with van der Waals surface area (Å²) in [6.45, 7) is 0. The predicted octanol–water partition coefficient (Wildman–Crippen LogP) is 4.97. The largest absolute Gasteiger partial charge is 0.496 e. The Hall–Kier alpha value is -3.58. The lowest BCUT2D eigenvalue weighted by atomic mass is 10.1. The number of thioether (sulfide) groups is 1. The lowest BCUT2D eigenvalue weighted by Crippen LogP contribution is -2.15. The average molecular weight is 446 g/mol. The van der Waals surface area contributed by atoms with E-state index in [4.69, 9.17) is 19.4 Å². The topological polar surface area (TPSA) is 73.3 Å². The number of fused-ring (bicyclic) bond motifs is 1. The highest BCUT2D eigenvalue weighted by atomic mass is 32.2. The van der Waals surface area contributed by atoms with E-state index in [-0.39, 0.29) is 11.7 Å². The number of amides is 1. The van der Waals surface area contributed by atoms with Gasteiger partial charge in [-0.3, -0.25) is 4.79 Å². The van der Waals surface area contributed by atoms with Crippen molar-refractivity contribution in [2.24, 2.45) is 0 Å². The van der Waals surface area contributed by atoms with Gasteiger partial charge < -0.3 is 14.8 Å². The molecule has 4 aromatic rings. The van der Waals surface area contributed by atoms with E-state index in [0.29, 0.717) is 17.9 Å². The van der Waals surface area contributed by atoms with Crippen LogP contribution in [0.3, 0.4) is 0 Å². The molecule has 4 rings (SSSR count). The summed E-state index contributed by atoms with van der Waals surface area (Å²) in [6.07, 6.45) is 0.554.